The molecule has 0 fully saturated rings. The Labute approximate surface area is 168 Å². The van der Waals surface area contributed by atoms with Gasteiger partial charge < -0.3 is 15.4 Å². The minimum Gasteiger partial charge on any atom is -0.508 e. The van der Waals surface area contributed by atoms with Crippen LogP contribution in [0.15, 0.2) is 66.0 Å². The van der Waals surface area contributed by atoms with Crippen LogP contribution in [0.5, 0.6) is 5.75 Å². The number of rotatable bonds is 8. The van der Waals surface area contributed by atoms with Crippen LogP contribution in [0.25, 0.3) is 21.7 Å². The molecule has 4 rings (SSSR count). The van der Waals surface area contributed by atoms with E-state index in [2.05, 4.69) is 45.1 Å². The Bertz CT molecular complexity index is 1080. The molecule has 1 unspecified atom stereocenters. The van der Waals surface area contributed by atoms with Crippen LogP contribution in [0.1, 0.15) is 12.5 Å². The third-order valence-electron chi connectivity index (χ3n) is 4.76. The number of nitrogens with zero attached hydrogens (tertiary/aromatic N) is 1. The molecule has 0 aliphatic carbocycles. The van der Waals surface area contributed by atoms with Gasteiger partial charge in [0.1, 0.15) is 5.75 Å². The Hall–Kier alpha value is -2.54. The number of nitrogens with one attached hydrogen (secondary N) is 3. The normalized spacial score (nSPS) is 12.6. The molecule has 0 amide bonds. The van der Waals surface area contributed by atoms with Crippen LogP contribution in [0.4, 0.5) is 0 Å². The molecule has 0 aliphatic rings. The number of H-pyrrole nitrogens is 1. The molecule has 0 aliphatic heterocycles. The van der Waals surface area contributed by atoms with E-state index in [1.165, 1.54) is 15.8 Å². The van der Waals surface area contributed by atoms with E-state index in [0.29, 0.717) is 11.8 Å². The predicted octanol–water partition coefficient (Wildman–Crippen LogP) is 4.24. The second-order valence-corrected chi connectivity index (χ2v) is 7.91. The molecule has 2 aromatic carbocycles. The van der Waals surface area contributed by atoms with Gasteiger partial charge >= 0.3 is 0 Å². The van der Waals surface area contributed by atoms with E-state index in [4.69, 9.17) is 0 Å². The number of phenolic OH excluding ortho intramolecular Hbond substituents is 1. The van der Waals surface area contributed by atoms with Gasteiger partial charge in [-0.25, -0.2) is 0 Å². The average Bonchev–Trinajstić information content (AvgIpc) is 3.11. The predicted molar refractivity (Wildman–Crippen MR) is 117 cm³/mol. The zero-order chi connectivity index (χ0) is 19.3. The monoisotopic (exact) mass is 392 g/mol. The first-order valence-electron chi connectivity index (χ1n) is 9.45. The molecular formula is C22H24N4OS. The highest BCUT2D eigenvalue weighted by Crippen LogP contribution is 2.23. The number of phenols is 1. The van der Waals surface area contributed by atoms with E-state index in [0.717, 1.165) is 35.8 Å². The summed E-state index contributed by atoms with van der Waals surface area (Å²) in [5.74, 6) is 0.307. The third-order valence-corrected chi connectivity index (χ3v) is 5.77. The Morgan fingerprint density at radius 2 is 2.07 bits per heavy atom. The van der Waals surface area contributed by atoms with Crippen molar-refractivity contribution in [3.05, 3.63) is 66.6 Å². The molecule has 4 N–H and O–H groups in total. The first kappa shape index (κ1) is 18.8. The van der Waals surface area contributed by atoms with Crippen LogP contribution in [0, 0.1) is 0 Å². The Morgan fingerprint density at radius 3 is 3.00 bits per heavy atom. The Kier molecular flexibility index (Phi) is 5.81. The SMILES string of the molecule is CC(CNCCc1c[nH]c2ccc(O)cc12)NSc1ccc2cnccc2c1. The highest BCUT2D eigenvalue weighted by molar-refractivity contribution is 7.97. The largest absolute Gasteiger partial charge is 0.508 e. The molecule has 0 saturated carbocycles. The van der Waals surface area contributed by atoms with Gasteiger partial charge in [0.05, 0.1) is 0 Å². The summed E-state index contributed by atoms with van der Waals surface area (Å²) in [5, 5.41) is 16.7. The quantitative estimate of drug-likeness (QED) is 0.267. The molecule has 28 heavy (non-hydrogen) atoms. The zero-order valence-electron chi connectivity index (χ0n) is 15.8. The van der Waals surface area contributed by atoms with Crippen molar-refractivity contribution in [1.29, 1.82) is 0 Å². The van der Waals surface area contributed by atoms with Gasteiger partial charge in [0.15, 0.2) is 0 Å². The molecule has 0 saturated heterocycles. The summed E-state index contributed by atoms with van der Waals surface area (Å²) >= 11 is 1.66. The maximum atomic E-state index is 9.69. The minimum absolute atomic E-state index is 0.307. The van der Waals surface area contributed by atoms with E-state index in [1.807, 2.05) is 36.8 Å². The molecular weight excluding hydrogens is 368 g/mol. The molecule has 144 valence electrons. The van der Waals surface area contributed by atoms with Gasteiger partial charge in [0.2, 0.25) is 0 Å². The summed E-state index contributed by atoms with van der Waals surface area (Å²) in [5.41, 5.74) is 2.28. The van der Waals surface area contributed by atoms with Gasteiger partial charge in [0, 0.05) is 52.4 Å². The maximum Gasteiger partial charge on any atom is 0.116 e. The number of hydrogen-bond donors (Lipinski definition) is 4. The molecule has 0 radical (unpaired) electrons. The lowest BCUT2D eigenvalue weighted by molar-refractivity contribution is 0.476. The van der Waals surface area contributed by atoms with E-state index >= 15 is 0 Å². The smallest absolute Gasteiger partial charge is 0.116 e. The van der Waals surface area contributed by atoms with Crippen LogP contribution in [-0.2, 0) is 6.42 Å². The van der Waals surface area contributed by atoms with Crippen LogP contribution in [0.2, 0.25) is 0 Å². The second kappa shape index (κ2) is 8.65. The topological polar surface area (TPSA) is 73.0 Å². The molecule has 4 aromatic rings. The van der Waals surface area contributed by atoms with Crippen LogP contribution >= 0.6 is 11.9 Å². The summed E-state index contributed by atoms with van der Waals surface area (Å²) in [6.45, 7) is 3.95. The van der Waals surface area contributed by atoms with Gasteiger partial charge in [-0.2, -0.15) is 0 Å². The van der Waals surface area contributed by atoms with Gasteiger partial charge in [-0.05, 0) is 79.2 Å². The highest BCUT2D eigenvalue weighted by atomic mass is 32.2. The number of benzene rings is 2. The lowest BCUT2D eigenvalue weighted by atomic mass is 10.1. The van der Waals surface area contributed by atoms with E-state index in [9.17, 15) is 5.11 Å². The van der Waals surface area contributed by atoms with E-state index in [-0.39, 0.29) is 0 Å². The van der Waals surface area contributed by atoms with Crippen molar-refractivity contribution in [2.45, 2.75) is 24.3 Å². The van der Waals surface area contributed by atoms with E-state index in [1.54, 1.807) is 18.0 Å². The van der Waals surface area contributed by atoms with Crippen molar-refractivity contribution in [3.8, 4) is 5.75 Å². The number of aromatic nitrogens is 2. The Morgan fingerprint density at radius 1 is 1.14 bits per heavy atom. The molecule has 6 heteroatoms. The lowest BCUT2D eigenvalue weighted by Gasteiger charge is -2.14. The van der Waals surface area contributed by atoms with Crippen molar-refractivity contribution in [2.75, 3.05) is 13.1 Å². The van der Waals surface area contributed by atoms with Gasteiger partial charge in [-0.15, -0.1) is 0 Å². The lowest BCUT2D eigenvalue weighted by Crippen LogP contribution is -2.33. The summed E-state index contributed by atoms with van der Waals surface area (Å²) in [4.78, 5) is 8.61. The number of hydrogen-bond acceptors (Lipinski definition) is 5. The fourth-order valence-electron chi connectivity index (χ4n) is 3.25. The summed E-state index contributed by atoms with van der Waals surface area (Å²) in [6.07, 6.45) is 6.66. The molecule has 0 bridgehead atoms. The first-order valence-corrected chi connectivity index (χ1v) is 10.3. The van der Waals surface area contributed by atoms with Crippen molar-refractivity contribution < 1.29 is 5.11 Å². The number of pyridine rings is 1. The average molecular weight is 393 g/mol. The third kappa shape index (κ3) is 4.47. The van der Waals surface area contributed by atoms with Crippen LogP contribution in [-0.4, -0.2) is 34.2 Å². The molecule has 2 aromatic heterocycles. The van der Waals surface area contributed by atoms with Gasteiger partial charge in [-0.1, -0.05) is 6.07 Å². The fraction of sp³-hybridized carbons (Fsp3) is 0.227. The van der Waals surface area contributed by atoms with Gasteiger partial charge in [-0.3, -0.25) is 9.71 Å². The first-order chi connectivity index (χ1) is 13.7. The van der Waals surface area contributed by atoms with Crippen LogP contribution in [0.3, 0.4) is 0 Å². The highest BCUT2D eigenvalue weighted by Gasteiger charge is 2.06. The Balaban J connectivity index is 1.23. The number of fused-ring (bicyclic) bond motifs is 2. The summed E-state index contributed by atoms with van der Waals surface area (Å²) in [6, 6.07) is 14.2. The maximum absolute atomic E-state index is 9.69. The molecule has 1 atom stereocenters. The van der Waals surface area contributed by atoms with E-state index < -0.39 is 0 Å². The number of aromatic amines is 1. The van der Waals surface area contributed by atoms with Crippen LogP contribution < -0.4 is 10.0 Å². The van der Waals surface area contributed by atoms with Crippen molar-refractivity contribution in [3.63, 3.8) is 0 Å². The molecule has 0 spiro atoms. The molecule has 5 nitrogen and oxygen atoms in total. The standard InChI is InChI=1S/C22H24N4OS/c1-15(26-28-20-4-2-17-13-24-8-6-16(17)10-20)12-23-9-7-18-14-25-22-5-3-19(27)11-21(18)22/h2-6,8,10-11,13-15,23,25-27H,7,9,12H2,1H3. The molecule has 2 heterocycles. The zero-order valence-corrected chi connectivity index (χ0v) is 16.6. The van der Waals surface area contributed by atoms with Crippen molar-refractivity contribution in [2.24, 2.45) is 0 Å². The minimum atomic E-state index is 0.307. The fourth-order valence-corrected chi connectivity index (χ4v) is 3.99. The summed E-state index contributed by atoms with van der Waals surface area (Å²) < 4.78 is 3.49. The summed E-state index contributed by atoms with van der Waals surface area (Å²) in [7, 11) is 0. The van der Waals surface area contributed by atoms with Crippen molar-refractivity contribution in [1.82, 2.24) is 20.0 Å². The van der Waals surface area contributed by atoms with Crippen molar-refractivity contribution >= 4 is 33.6 Å². The second-order valence-electron chi connectivity index (χ2n) is 7.00. The number of aromatic hydroxyl groups is 1. The van der Waals surface area contributed by atoms with Gasteiger partial charge in [0.25, 0.3) is 0 Å².